The van der Waals surface area contributed by atoms with Crippen LogP contribution < -0.4 is 10.4 Å². The van der Waals surface area contributed by atoms with E-state index in [1.807, 2.05) is 26.8 Å². The molecular weight excluding hydrogens is 586 g/mol. The van der Waals surface area contributed by atoms with Crippen LogP contribution in [0.25, 0.3) is 11.0 Å². The Labute approximate surface area is 272 Å². The number of hydrogen-bond donors (Lipinski definition) is 1. The van der Waals surface area contributed by atoms with Gasteiger partial charge in [0.2, 0.25) is 5.84 Å². The molecule has 1 aromatic carbocycles. The number of esters is 2. The Morgan fingerprint density at radius 2 is 1.57 bits per heavy atom. The van der Waals surface area contributed by atoms with Crippen LogP contribution in [0.4, 0.5) is 0 Å². The summed E-state index contributed by atoms with van der Waals surface area (Å²) in [4.78, 5) is 45.8. The Hall–Kier alpha value is -3.89. The summed E-state index contributed by atoms with van der Waals surface area (Å²) in [5.41, 5.74) is 2.49. The van der Waals surface area contributed by atoms with Crippen molar-refractivity contribution < 1.29 is 33.6 Å². The second-order valence-corrected chi connectivity index (χ2v) is 12.1. The molecule has 4 heterocycles. The third kappa shape index (κ3) is 8.88. The maximum Gasteiger partial charge on any atom is 0.342 e. The van der Waals surface area contributed by atoms with E-state index in [0.29, 0.717) is 40.9 Å². The summed E-state index contributed by atoms with van der Waals surface area (Å²) in [5.74, 6) is -1.76. The SMILES string of the molecule is C.C1CCC2=[N+](CC1)CCCN2.CC.CC1CCC(C(=O)[O-])C(C(=O)n2nnc3ccccc32)C1.O=C1OC(=O)C2=C1CCCC2. The number of aliphatic carboxylic acids is 1. The molecule has 1 N–H and O–H groups in total. The van der Waals surface area contributed by atoms with Crippen LogP contribution in [0.3, 0.4) is 0 Å². The Morgan fingerprint density at radius 3 is 2.26 bits per heavy atom. The average molecular weight is 638 g/mol. The topological polar surface area (TPSA) is 146 Å². The molecular formula is C35H51N5O6. The maximum atomic E-state index is 12.7. The molecule has 5 aliphatic rings. The van der Waals surface area contributed by atoms with Crippen LogP contribution >= 0.6 is 0 Å². The van der Waals surface area contributed by atoms with Gasteiger partial charge in [0.15, 0.2) is 0 Å². The molecule has 0 radical (unpaired) electrons. The van der Waals surface area contributed by atoms with Gasteiger partial charge in [-0.15, -0.1) is 5.10 Å². The number of para-hydroxylation sites is 1. The zero-order valence-corrected chi connectivity index (χ0v) is 26.9. The van der Waals surface area contributed by atoms with E-state index in [0.717, 1.165) is 32.1 Å². The molecule has 2 aromatic rings. The second kappa shape index (κ2) is 17.7. The van der Waals surface area contributed by atoms with Crippen LogP contribution in [-0.4, -0.2) is 68.9 Å². The summed E-state index contributed by atoms with van der Waals surface area (Å²) in [6.45, 7) is 9.82. The minimum atomic E-state index is -1.15. The molecule has 1 saturated carbocycles. The number of rotatable bonds is 2. The molecule has 1 fully saturated rings. The van der Waals surface area contributed by atoms with Crippen molar-refractivity contribution in [3.63, 3.8) is 0 Å². The average Bonchev–Trinajstić information content (AvgIpc) is 3.52. The van der Waals surface area contributed by atoms with Crippen molar-refractivity contribution in [1.29, 1.82) is 0 Å². The first-order valence-electron chi connectivity index (χ1n) is 16.7. The summed E-state index contributed by atoms with van der Waals surface area (Å²) in [6, 6.07) is 7.15. The third-order valence-corrected chi connectivity index (χ3v) is 9.10. The first-order chi connectivity index (χ1) is 21.8. The molecule has 3 unspecified atom stereocenters. The van der Waals surface area contributed by atoms with E-state index in [1.165, 1.54) is 62.3 Å². The van der Waals surface area contributed by atoms with Gasteiger partial charge in [0.1, 0.15) is 5.52 Å². The molecule has 3 aliphatic heterocycles. The lowest BCUT2D eigenvalue weighted by molar-refractivity contribution is -0.534. The fourth-order valence-corrected chi connectivity index (χ4v) is 6.70. The molecule has 46 heavy (non-hydrogen) atoms. The van der Waals surface area contributed by atoms with Crippen LogP contribution in [-0.2, 0) is 19.1 Å². The van der Waals surface area contributed by atoms with E-state index in [-0.39, 0.29) is 13.3 Å². The van der Waals surface area contributed by atoms with Crippen molar-refractivity contribution in [2.24, 2.45) is 17.8 Å². The largest absolute Gasteiger partial charge is 0.550 e. The number of nitrogens with one attached hydrogen (secondary N) is 1. The van der Waals surface area contributed by atoms with Gasteiger partial charge in [-0.2, -0.15) is 4.68 Å². The van der Waals surface area contributed by atoms with Gasteiger partial charge in [0, 0.05) is 41.8 Å². The Morgan fingerprint density at radius 1 is 0.913 bits per heavy atom. The van der Waals surface area contributed by atoms with Gasteiger partial charge >= 0.3 is 11.9 Å². The van der Waals surface area contributed by atoms with Gasteiger partial charge in [0.05, 0.1) is 25.2 Å². The number of amidine groups is 1. The smallest absolute Gasteiger partial charge is 0.342 e. The minimum Gasteiger partial charge on any atom is -0.550 e. The van der Waals surface area contributed by atoms with Crippen LogP contribution in [0.1, 0.15) is 110 Å². The van der Waals surface area contributed by atoms with Gasteiger partial charge in [-0.25, -0.2) is 9.59 Å². The molecule has 1 aromatic heterocycles. The number of carboxylic acid groups (broad SMARTS) is 1. The van der Waals surface area contributed by atoms with Crippen LogP contribution in [0.5, 0.6) is 0 Å². The lowest BCUT2D eigenvalue weighted by atomic mass is 9.74. The Bertz CT molecular complexity index is 1400. The van der Waals surface area contributed by atoms with Crippen LogP contribution in [0.2, 0.25) is 0 Å². The van der Waals surface area contributed by atoms with Crippen LogP contribution in [0.15, 0.2) is 35.4 Å². The summed E-state index contributed by atoms with van der Waals surface area (Å²) >= 11 is 0. The number of benzene rings is 1. The predicted octanol–water partition coefficient (Wildman–Crippen LogP) is 4.44. The number of carbonyl (C=O) groups is 4. The van der Waals surface area contributed by atoms with E-state index in [4.69, 9.17) is 0 Å². The summed E-state index contributed by atoms with van der Waals surface area (Å²) in [6.07, 6.45) is 12.1. The molecule has 0 spiro atoms. The van der Waals surface area contributed by atoms with E-state index in [9.17, 15) is 24.3 Å². The van der Waals surface area contributed by atoms with Crippen molar-refractivity contribution in [3.05, 3.63) is 35.4 Å². The molecule has 252 valence electrons. The highest BCUT2D eigenvalue weighted by Crippen LogP contribution is 2.35. The highest BCUT2D eigenvalue weighted by atomic mass is 16.6. The van der Waals surface area contributed by atoms with Gasteiger partial charge < -0.3 is 14.6 Å². The monoisotopic (exact) mass is 637 g/mol. The van der Waals surface area contributed by atoms with Gasteiger partial charge in [0.25, 0.3) is 5.91 Å². The highest BCUT2D eigenvalue weighted by Gasteiger charge is 2.36. The molecule has 7 rings (SSSR count). The lowest BCUT2D eigenvalue weighted by Gasteiger charge is -2.34. The maximum absolute atomic E-state index is 12.7. The van der Waals surface area contributed by atoms with E-state index in [1.54, 1.807) is 18.2 Å². The summed E-state index contributed by atoms with van der Waals surface area (Å²) in [5, 5.41) is 22.6. The number of ether oxygens (including phenoxy) is 1. The zero-order valence-electron chi connectivity index (χ0n) is 26.9. The quantitative estimate of drug-likeness (QED) is 0.287. The van der Waals surface area contributed by atoms with Crippen molar-refractivity contribution in [2.75, 3.05) is 19.6 Å². The lowest BCUT2D eigenvalue weighted by Crippen LogP contribution is -2.43. The number of carboxylic acids is 1. The molecule has 0 amide bonds. The Kier molecular flexibility index (Phi) is 14.1. The number of nitrogens with zero attached hydrogens (tertiary/aromatic N) is 4. The van der Waals surface area contributed by atoms with Crippen LogP contribution in [0, 0.1) is 17.8 Å². The first kappa shape index (κ1) is 36.6. The summed E-state index contributed by atoms with van der Waals surface area (Å²) < 4.78 is 8.22. The molecule has 11 heteroatoms. The second-order valence-electron chi connectivity index (χ2n) is 12.1. The third-order valence-electron chi connectivity index (χ3n) is 9.10. The van der Waals surface area contributed by atoms with Crippen molar-refractivity contribution >= 4 is 40.7 Å². The number of fused-ring (bicyclic) bond motifs is 1. The van der Waals surface area contributed by atoms with Gasteiger partial charge in [-0.1, -0.05) is 52.0 Å². The van der Waals surface area contributed by atoms with Crippen molar-refractivity contribution in [2.45, 2.75) is 105 Å². The van der Waals surface area contributed by atoms with Gasteiger partial charge in [-0.3, -0.25) is 14.7 Å². The van der Waals surface area contributed by atoms with E-state index < -0.39 is 29.7 Å². The van der Waals surface area contributed by atoms with Crippen molar-refractivity contribution in [1.82, 2.24) is 20.3 Å². The Balaban J connectivity index is 0.000000195. The normalized spacial score (nSPS) is 23.7. The standard InChI is InChI=1S/C15H17N3O3.C9H16N2.C8H8O3.C2H6.CH4/c1-9-6-7-10(15(20)21)11(8-9)14(19)18-13-5-3-2-4-12(13)16-17-18;1-2-5-9-10-6-4-8-11(9)7-3-1;9-7-5-3-1-2-4-6(5)8(10)11-7;1-2;/h2-5,9-11H,6-8H2,1H3,(H,20,21);1-8H2;1-4H2;1-2H3;1H4. The van der Waals surface area contributed by atoms with Gasteiger partial charge in [-0.05, 0) is 75.8 Å². The van der Waals surface area contributed by atoms with E-state index in [2.05, 4.69) is 24.9 Å². The number of hydrogen-bond acceptors (Lipinski definition) is 9. The fourth-order valence-electron chi connectivity index (χ4n) is 6.70. The molecule has 11 nitrogen and oxygen atoms in total. The number of carbonyl (C=O) groups excluding carboxylic acids is 4. The highest BCUT2D eigenvalue weighted by molar-refractivity contribution is 6.12. The minimum absolute atomic E-state index is 0. The molecule has 0 saturated heterocycles. The predicted molar refractivity (Wildman–Crippen MR) is 174 cm³/mol. The fraction of sp³-hybridized carbons (Fsp3) is 0.629. The van der Waals surface area contributed by atoms with Crippen molar-refractivity contribution in [3.8, 4) is 0 Å². The molecule has 0 bridgehead atoms. The first-order valence-corrected chi connectivity index (χ1v) is 16.7. The molecule has 2 aliphatic carbocycles. The molecule has 3 atom stereocenters. The number of cyclic esters (lactones) is 2. The number of aromatic nitrogens is 3. The summed E-state index contributed by atoms with van der Waals surface area (Å²) in [7, 11) is 0. The zero-order chi connectivity index (χ0) is 32.3. The van der Waals surface area contributed by atoms with E-state index >= 15 is 0 Å².